The minimum atomic E-state index is -3.13. The highest BCUT2D eigenvalue weighted by atomic mass is 32.2. The number of nitrogens with zero attached hydrogens (tertiary/aromatic N) is 2. The lowest BCUT2D eigenvalue weighted by Gasteiger charge is -2.52. The molecule has 6 heteroatoms. The number of carbonyl (C=O) groups excluding carboxylic acids is 1. The Morgan fingerprint density at radius 2 is 1.76 bits per heavy atom. The maximum absolute atomic E-state index is 12.5. The van der Waals surface area contributed by atoms with Crippen LogP contribution in [0.15, 0.2) is 30.3 Å². The number of amides is 1. The Kier molecular flexibility index (Phi) is 3.53. The van der Waals surface area contributed by atoms with Crippen LogP contribution >= 0.6 is 0 Å². The molecule has 0 atom stereocenters. The number of hydrogen-bond acceptors (Lipinski definition) is 3. The highest BCUT2D eigenvalue weighted by molar-refractivity contribution is 7.89. The highest BCUT2D eigenvalue weighted by Gasteiger charge is 2.54. The Bertz CT molecular complexity index is 634. The van der Waals surface area contributed by atoms with Gasteiger partial charge in [-0.05, 0) is 31.9 Å². The molecule has 21 heavy (non-hydrogen) atoms. The summed E-state index contributed by atoms with van der Waals surface area (Å²) in [5, 5.41) is 0. The van der Waals surface area contributed by atoms with E-state index in [9.17, 15) is 13.2 Å². The molecule has 2 aliphatic heterocycles. The van der Waals surface area contributed by atoms with Gasteiger partial charge in [0, 0.05) is 25.3 Å². The molecular weight excluding hydrogens is 288 g/mol. The Morgan fingerprint density at radius 3 is 2.29 bits per heavy atom. The molecule has 1 aromatic rings. The second kappa shape index (κ2) is 5.10. The molecule has 2 heterocycles. The van der Waals surface area contributed by atoms with E-state index in [4.69, 9.17) is 0 Å². The van der Waals surface area contributed by atoms with Crippen LogP contribution in [0.25, 0.3) is 0 Å². The first kappa shape index (κ1) is 14.5. The van der Waals surface area contributed by atoms with E-state index in [1.165, 1.54) is 4.31 Å². The molecule has 5 nitrogen and oxygen atoms in total. The van der Waals surface area contributed by atoms with E-state index in [0.717, 1.165) is 5.69 Å². The minimum Gasteiger partial charge on any atom is -0.311 e. The maximum Gasteiger partial charge on any atom is 0.235 e. The van der Waals surface area contributed by atoms with Gasteiger partial charge < -0.3 is 4.90 Å². The zero-order valence-electron chi connectivity index (χ0n) is 12.2. The number of β-lactam (4-membered cyclic amide) rings is 1. The third kappa shape index (κ3) is 2.36. The summed E-state index contributed by atoms with van der Waals surface area (Å²) in [5.41, 5.74) is 0.590. The molecule has 0 radical (unpaired) electrons. The number of hydrogen-bond donors (Lipinski definition) is 0. The minimum absolute atomic E-state index is 0.129. The monoisotopic (exact) mass is 308 g/mol. The molecule has 114 valence electrons. The first-order chi connectivity index (χ1) is 9.98. The van der Waals surface area contributed by atoms with E-state index in [2.05, 4.69) is 0 Å². The van der Waals surface area contributed by atoms with Crippen molar-refractivity contribution < 1.29 is 13.2 Å². The lowest BCUT2D eigenvalue weighted by molar-refractivity contribution is -0.137. The van der Waals surface area contributed by atoms with E-state index in [1.807, 2.05) is 30.3 Å². The third-order valence-electron chi connectivity index (χ3n) is 4.67. The van der Waals surface area contributed by atoms with Gasteiger partial charge in [0.05, 0.1) is 11.2 Å². The molecule has 0 aliphatic carbocycles. The van der Waals surface area contributed by atoms with Crippen molar-refractivity contribution in [3.05, 3.63) is 30.3 Å². The average Bonchev–Trinajstić information content (AvgIpc) is 2.53. The van der Waals surface area contributed by atoms with Crippen molar-refractivity contribution in [2.45, 2.75) is 19.8 Å². The summed E-state index contributed by atoms with van der Waals surface area (Å²) < 4.78 is 25.3. The Balaban J connectivity index is 1.67. The normalized spacial score (nSPS) is 22.3. The number of para-hydroxylation sites is 1. The number of sulfonamides is 1. The molecule has 1 aromatic carbocycles. The quantitative estimate of drug-likeness (QED) is 0.795. The second-order valence-corrected chi connectivity index (χ2v) is 8.06. The van der Waals surface area contributed by atoms with Crippen molar-refractivity contribution in [3.63, 3.8) is 0 Å². The van der Waals surface area contributed by atoms with Crippen molar-refractivity contribution in [1.82, 2.24) is 4.31 Å². The lowest BCUT2D eigenvalue weighted by atomic mass is 9.71. The zero-order chi connectivity index (χ0) is 15.1. The van der Waals surface area contributed by atoms with Gasteiger partial charge >= 0.3 is 0 Å². The molecule has 3 rings (SSSR count). The summed E-state index contributed by atoms with van der Waals surface area (Å²) in [6.07, 6.45) is 1.27. The van der Waals surface area contributed by atoms with E-state index in [0.29, 0.717) is 32.5 Å². The van der Waals surface area contributed by atoms with Gasteiger partial charge in [-0.1, -0.05) is 18.2 Å². The van der Waals surface area contributed by atoms with Crippen molar-refractivity contribution in [3.8, 4) is 0 Å². The SMILES string of the molecule is CCS(=O)(=O)N1CCC2(CC1)CN(c1ccccc1)C2=O. The van der Waals surface area contributed by atoms with Crippen molar-refractivity contribution in [2.24, 2.45) is 5.41 Å². The third-order valence-corrected chi connectivity index (χ3v) is 6.55. The van der Waals surface area contributed by atoms with Crippen molar-refractivity contribution >= 4 is 21.6 Å². The Morgan fingerprint density at radius 1 is 1.14 bits per heavy atom. The smallest absolute Gasteiger partial charge is 0.235 e. The maximum atomic E-state index is 12.5. The molecule has 0 N–H and O–H groups in total. The largest absolute Gasteiger partial charge is 0.311 e. The van der Waals surface area contributed by atoms with Gasteiger partial charge in [0.25, 0.3) is 0 Å². The predicted molar refractivity (Wildman–Crippen MR) is 81.5 cm³/mol. The first-order valence-electron chi connectivity index (χ1n) is 7.33. The van der Waals surface area contributed by atoms with Crippen LogP contribution in [0.1, 0.15) is 19.8 Å². The number of anilines is 1. The summed E-state index contributed by atoms with van der Waals surface area (Å²) in [6, 6.07) is 9.63. The molecule has 0 aromatic heterocycles. The summed E-state index contributed by atoms with van der Waals surface area (Å²) in [5.74, 6) is 0.270. The molecule has 0 bridgehead atoms. The van der Waals surface area contributed by atoms with Gasteiger partial charge in [-0.15, -0.1) is 0 Å². The number of benzene rings is 1. The highest BCUT2D eigenvalue weighted by Crippen LogP contribution is 2.44. The van der Waals surface area contributed by atoms with E-state index in [1.54, 1.807) is 11.8 Å². The molecular formula is C15H20N2O3S. The molecule has 0 unspecified atom stereocenters. The van der Waals surface area contributed by atoms with Crippen LogP contribution in [0.2, 0.25) is 0 Å². The van der Waals surface area contributed by atoms with E-state index >= 15 is 0 Å². The van der Waals surface area contributed by atoms with Gasteiger partial charge in [0.2, 0.25) is 15.9 Å². The number of rotatable bonds is 3. The van der Waals surface area contributed by atoms with Crippen LogP contribution in [0.3, 0.4) is 0 Å². The Hall–Kier alpha value is -1.40. The molecule has 2 saturated heterocycles. The lowest BCUT2D eigenvalue weighted by Crippen LogP contribution is -2.65. The fourth-order valence-electron chi connectivity index (χ4n) is 3.20. The number of carbonyl (C=O) groups is 1. The number of piperidine rings is 1. The van der Waals surface area contributed by atoms with Gasteiger partial charge in [0.1, 0.15) is 0 Å². The van der Waals surface area contributed by atoms with E-state index < -0.39 is 10.0 Å². The standard InChI is InChI=1S/C15H20N2O3S/c1-2-21(19,20)16-10-8-15(9-11-16)12-17(14(15)18)13-6-4-3-5-7-13/h3-7H,2,8-12H2,1H3. The van der Waals surface area contributed by atoms with Crippen molar-refractivity contribution in [1.29, 1.82) is 0 Å². The van der Waals surface area contributed by atoms with Crippen LogP contribution in [-0.2, 0) is 14.8 Å². The molecule has 1 amide bonds. The van der Waals surface area contributed by atoms with Gasteiger partial charge in [-0.25, -0.2) is 12.7 Å². The predicted octanol–water partition coefficient (Wildman–Crippen LogP) is 1.47. The second-order valence-electron chi connectivity index (χ2n) is 5.81. The molecule has 0 saturated carbocycles. The summed E-state index contributed by atoms with van der Waals surface area (Å²) in [7, 11) is -3.13. The average molecular weight is 308 g/mol. The summed E-state index contributed by atoms with van der Waals surface area (Å²) in [6.45, 7) is 3.29. The van der Waals surface area contributed by atoms with Crippen LogP contribution in [0.5, 0.6) is 0 Å². The van der Waals surface area contributed by atoms with Crippen LogP contribution in [-0.4, -0.2) is 44.0 Å². The fourth-order valence-corrected chi connectivity index (χ4v) is 4.30. The first-order valence-corrected chi connectivity index (χ1v) is 8.94. The van der Waals surface area contributed by atoms with Crippen molar-refractivity contribution in [2.75, 3.05) is 30.3 Å². The van der Waals surface area contributed by atoms with Gasteiger partial charge in [-0.3, -0.25) is 4.79 Å². The fraction of sp³-hybridized carbons (Fsp3) is 0.533. The Labute approximate surface area is 125 Å². The van der Waals surface area contributed by atoms with Crippen LogP contribution in [0, 0.1) is 5.41 Å². The molecule has 1 spiro atoms. The van der Waals surface area contributed by atoms with Gasteiger partial charge in [0.15, 0.2) is 0 Å². The zero-order valence-corrected chi connectivity index (χ0v) is 13.0. The van der Waals surface area contributed by atoms with Crippen LogP contribution in [0.4, 0.5) is 5.69 Å². The van der Waals surface area contributed by atoms with Crippen LogP contribution < -0.4 is 4.90 Å². The summed E-state index contributed by atoms with van der Waals surface area (Å²) in [4.78, 5) is 14.3. The van der Waals surface area contributed by atoms with E-state index in [-0.39, 0.29) is 17.1 Å². The topological polar surface area (TPSA) is 57.7 Å². The molecule has 2 aliphatic rings. The molecule has 2 fully saturated rings. The summed E-state index contributed by atoms with van der Waals surface area (Å²) >= 11 is 0. The van der Waals surface area contributed by atoms with Gasteiger partial charge in [-0.2, -0.15) is 0 Å².